The first kappa shape index (κ1) is 26.2. The maximum absolute atomic E-state index is 12.4. The topological polar surface area (TPSA) is 234 Å². The molecular weight excluding hydrogens is 504 g/mol. The number of nitrogens with one attached hydrogen (secondary N) is 2. The highest BCUT2D eigenvalue weighted by atomic mass is 32.1. The molecule has 16 nitrogen and oxygen atoms in total. The lowest BCUT2D eigenvalue weighted by Crippen LogP contribution is -2.36. The van der Waals surface area contributed by atoms with Crippen LogP contribution in [0.1, 0.15) is 12.5 Å². The van der Waals surface area contributed by atoms with Gasteiger partial charge in [0.2, 0.25) is 0 Å². The van der Waals surface area contributed by atoms with E-state index >= 15 is 0 Å². The zero-order chi connectivity index (χ0) is 26.1. The van der Waals surface area contributed by atoms with Crippen LogP contribution in [0.3, 0.4) is 0 Å². The Hall–Kier alpha value is -2.87. The van der Waals surface area contributed by atoms with Crippen LogP contribution < -0.4 is 22.0 Å². The van der Waals surface area contributed by atoms with Crippen molar-refractivity contribution in [3.63, 3.8) is 0 Å². The Labute approximate surface area is 207 Å². The van der Waals surface area contributed by atoms with E-state index < -0.39 is 73.7 Å². The minimum atomic E-state index is -1.45. The molecule has 2 aromatic rings. The third-order valence-electron chi connectivity index (χ3n) is 5.73. The number of anilines is 2. The molecule has 0 spiro atoms. The molecule has 8 atom stereocenters. The lowest BCUT2D eigenvalue weighted by atomic mass is 10.1. The van der Waals surface area contributed by atoms with Gasteiger partial charge >= 0.3 is 11.4 Å². The van der Waals surface area contributed by atoms with E-state index in [0.717, 1.165) is 9.13 Å². The predicted octanol–water partition coefficient (Wildman–Crippen LogP) is -4.17. The van der Waals surface area contributed by atoms with Crippen molar-refractivity contribution in [1.29, 1.82) is 0 Å². The number of rotatable bonds is 6. The van der Waals surface area contributed by atoms with Crippen LogP contribution >= 0.6 is 12.2 Å². The summed E-state index contributed by atoms with van der Waals surface area (Å²) >= 11 is 5.14. The van der Waals surface area contributed by atoms with E-state index in [1.54, 1.807) is 0 Å². The van der Waals surface area contributed by atoms with Crippen LogP contribution in [-0.2, 0) is 9.47 Å². The first-order chi connectivity index (χ1) is 17.1. The van der Waals surface area contributed by atoms with Crippen molar-refractivity contribution >= 4 is 29.0 Å². The average Bonchev–Trinajstić information content (AvgIpc) is 3.29. The summed E-state index contributed by atoms with van der Waals surface area (Å²) in [6.45, 7) is -1.09. The largest absolute Gasteiger partial charge is 0.394 e. The third kappa shape index (κ3) is 5.01. The summed E-state index contributed by atoms with van der Waals surface area (Å²) in [5, 5.41) is 63.5. The monoisotopic (exact) mass is 528 g/mol. The van der Waals surface area contributed by atoms with Crippen molar-refractivity contribution in [3.05, 3.63) is 45.5 Å². The number of nitrogens with zero attached hydrogens (tertiary/aromatic N) is 4. The van der Waals surface area contributed by atoms with Crippen molar-refractivity contribution in [2.75, 3.05) is 23.8 Å². The fourth-order valence-electron chi connectivity index (χ4n) is 3.84. The molecule has 4 rings (SSSR count). The molecule has 4 heterocycles. The quantitative estimate of drug-likeness (QED) is 0.166. The molecule has 2 fully saturated rings. The van der Waals surface area contributed by atoms with Gasteiger partial charge in [0, 0.05) is 12.4 Å². The highest BCUT2D eigenvalue weighted by Gasteiger charge is 2.44. The summed E-state index contributed by atoms with van der Waals surface area (Å²) in [7, 11) is 0. The summed E-state index contributed by atoms with van der Waals surface area (Å²) < 4.78 is 12.5. The molecule has 196 valence electrons. The van der Waals surface area contributed by atoms with Crippen LogP contribution in [0.4, 0.5) is 11.6 Å². The fraction of sp³-hybridized carbons (Fsp3) is 0.526. The SMILES string of the molecule is O=c1nc(NC(=S)Nc2ccn([C@H]3O[C@@H](CO)[C@@H](O)[C@H]3O)c(=O)n2)ccn1[C@@H]1O[C@@H](CO)[C@@H](O)[C@H]1O. The van der Waals surface area contributed by atoms with E-state index in [0.29, 0.717) is 0 Å². The van der Waals surface area contributed by atoms with E-state index in [2.05, 4.69) is 20.6 Å². The van der Waals surface area contributed by atoms with Crippen molar-refractivity contribution in [1.82, 2.24) is 19.1 Å². The maximum atomic E-state index is 12.4. The Morgan fingerprint density at radius 2 is 1.19 bits per heavy atom. The number of aliphatic hydroxyl groups is 6. The highest BCUT2D eigenvalue weighted by molar-refractivity contribution is 7.80. The van der Waals surface area contributed by atoms with Gasteiger partial charge in [-0.3, -0.25) is 9.13 Å². The van der Waals surface area contributed by atoms with Crippen LogP contribution in [-0.4, -0.2) is 105 Å². The smallest absolute Gasteiger partial charge is 0.351 e. The molecule has 17 heteroatoms. The lowest BCUT2D eigenvalue weighted by Gasteiger charge is -2.18. The van der Waals surface area contributed by atoms with E-state index in [-0.39, 0.29) is 16.7 Å². The van der Waals surface area contributed by atoms with Gasteiger partial charge in [-0.25, -0.2) is 9.59 Å². The van der Waals surface area contributed by atoms with Crippen LogP contribution in [0, 0.1) is 0 Å². The third-order valence-corrected chi connectivity index (χ3v) is 5.93. The number of hydrogen-bond donors (Lipinski definition) is 8. The molecular formula is C19H24N6O10S. The Balaban J connectivity index is 1.41. The molecule has 2 aliphatic rings. The minimum absolute atomic E-state index is 0.0142. The molecule has 2 saturated heterocycles. The Bertz CT molecular complexity index is 1130. The Kier molecular flexibility index (Phi) is 7.73. The number of hydrogen-bond acceptors (Lipinski definition) is 13. The molecule has 0 radical (unpaired) electrons. The number of thiocarbonyl (C=S) groups is 1. The van der Waals surface area contributed by atoms with Gasteiger partial charge in [0.15, 0.2) is 17.6 Å². The van der Waals surface area contributed by atoms with Gasteiger partial charge in [0.05, 0.1) is 13.2 Å². The molecule has 0 amide bonds. The van der Waals surface area contributed by atoms with Crippen LogP contribution in [0.5, 0.6) is 0 Å². The first-order valence-corrected chi connectivity index (χ1v) is 11.1. The molecule has 2 aromatic heterocycles. The predicted molar refractivity (Wildman–Crippen MR) is 123 cm³/mol. The normalized spacial score (nSPS) is 31.9. The second-order valence-electron chi connectivity index (χ2n) is 8.04. The first-order valence-electron chi connectivity index (χ1n) is 10.7. The van der Waals surface area contributed by atoms with Crippen LogP contribution in [0.2, 0.25) is 0 Å². The average molecular weight is 529 g/mol. The number of aromatic nitrogens is 4. The standard InChI is InChI=1S/C19H24N6O10S/c26-5-7-11(28)13(30)15(34-7)24-3-1-9(22-18(24)32)20-17(36)21-10-2-4-25(19(33)23-10)16-14(31)12(29)8(6-27)35-16/h1-4,7-8,11-16,26-31H,5-6H2,(H2,20,21,22,23,32,33,36)/t7-,8-,11+,12+,13+,14+,15-,16+/m0/s1. The summed E-state index contributed by atoms with van der Waals surface area (Å²) in [5.74, 6) is 0.0284. The number of ether oxygens (including phenoxy) is 2. The summed E-state index contributed by atoms with van der Waals surface area (Å²) in [6.07, 6.45) is -7.77. The Morgan fingerprint density at radius 3 is 1.50 bits per heavy atom. The zero-order valence-corrected chi connectivity index (χ0v) is 19.2. The van der Waals surface area contributed by atoms with E-state index in [1.165, 1.54) is 24.5 Å². The summed E-state index contributed by atoms with van der Waals surface area (Å²) in [5.41, 5.74) is -1.67. The van der Waals surface area contributed by atoms with Crippen molar-refractivity contribution in [3.8, 4) is 0 Å². The van der Waals surface area contributed by atoms with Gasteiger partial charge in [-0.2, -0.15) is 9.97 Å². The summed E-state index contributed by atoms with van der Waals surface area (Å²) in [4.78, 5) is 32.4. The lowest BCUT2D eigenvalue weighted by molar-refractivity contribution is -0.0549. The highest BCUT2D eigenvalue weighted by Crippen LogP contribution is 2.29. The van der Waals surface area contributed by atoms with Gasteiger partial charge < -0.3 is 50.7 Å². The van der Waals surface area contributed by atoms with Crippen molar-refractivity contribution in [2.45, 2.75) is 49.1 Å². The van der Waals surface area contributed by atoms with Gasteiger partial charge in [-0.15, -0.1) is 0 Å². The Morgan fingerprint density at radius 1 is 0.806 bits per heavy atom. The van der Waals surface area contributed by atoms with E-state index in [1.807, 2.05) is 0 Å². The van der Waals surface area contributed by atoms with Crippen molar-refractivity contribution < 1.29 is 40.1 Å². The molecule has 8 N–H and O–H groups in total. The fourth-order valence-corrected chi connectivity index (χ4v) is 4.04. The van der Waals surface area contributed by atoms with Gasteiger partial charge in [0.1, 0.15) is 48.3 Å². The van der Waals surface area contributed by atoms with Crippen molar-refractivity contribution in [2.24, 2.45) is 0 Å². The van der Waals surface area contributed by atoms with E-state index in [4.69, 9.17) is 21.7 Å². The van der Waals surface area contributed by atoms with Gasteiger partial charge in [-0.1, -0.05) is 0 Å². The molecule has 0 bridgehead atoms. The van der Waals surface area contributed by atoms with E-state index in [9.17, 15) is 40.2 Å². The van der Waals surface area contributed by atoms with Crippen LogP contribution in [0.25, 0.3) is 0 Å². The van der Waals surface area contributed by atoms with Gasteiger partial charge in [-0.05, 0) is 24.4 Å². The second-order valence-corrected chi connectivity index (χ2v) is 8.45. The molecule has 0 aliphatic carbocycles. The molecule has 36 heavy (non-hydrogen) atoms. The summed E-state index contributed by atoms with van der Waals surface area (Å²) in [6, 6.07) is 2.69. The maximum Gasteiger partial charge on any atom is 0.351 e. The van der Waals surface area contributed by atoms with Crippen LogP contribution in [0.15, 0.2) is 34.1 Å². The molecule has 2 aliphatic heterocycles. The molecule has 0 unspecified atom stereocenters. The second kappa shape index (κ2) is 10.6. The minimum Gasteiger partial charge on any atom is -0.394 e. The number of aliphatic hydroxyl groups excluding tert-OH is 6. The zero-order valence-electron chi connectivity index (χ0n) is 18.4. The van der Waals surface area contributed by atoms with Gasteiger partial charge in [0.25, 0.3) is 0 Å². The molecule has 0 saturated carbocycles. The molecule has 0 aromatic carbocycles.